The lowest BCUT2D eigenvalue weighted by Crippen LogP contribution is -2.19. The molecule has 0 saturated heterocycles. The van der Waals surface area contributed by atoms with Crippen LogP contribution in [0.15, 0.2) is 12.1 Å². The average Bonchev–Trinajstić information content (AvgIpc) is 2.26. The van der Waals surface area contributed by atoms with Gasteiger partial charge in [0.1, 0.15) is 0 Å². The Kier molecular flexibility index (Phi) is 4.49. The largest absolute Gasteiger partial charge is 0.480 e. The summed E-state index contributed by atoms with van der Waals surface area (Å²) >= 11 is 0. The molecular weight excluding hydrogens is 190 g/mol. The fourth-order valence-electron chi connectivity index (χ4n) is 1.48. The smallest absolute Gasteiger partial charge is 0.233 e. The van der Waals surface area contributed by atoms with Crippen LogP contribution >= 0.6 is 0 Å². The van der Waals surface area contributed by atoms with Gasteiger partial charge >= 0.3 is 0 Å². The van der Waals surface area contributed by atoms with Gasteiger partial charge in [-0.05, 0) is 25.5 Å². The molecule has 1 aromatic heterocycles. The summed E-state index contributed by atoms with van der Waals surface area (Å²) in [4.78, 5) is 0. The van der Waals surface area contributed by atoms with Gasteiger partial charge in [0.15, 0.2) is 0 Å². The minimum Gasteiger partial charge on any atom is -0.480 e. The topological polar surface area (TPSA) is 47.0 Å². The molecule has 15 heavy (non-hydrogen) atoms. The van der Waals surface area contributed by atoms with Crippen molar-refractivity contribution in [3.63, 3.8) is 0 Å². The predicted molar refractivity (Wildman–Crippen MR) is 59.8 cm³/mol. The molecule has 0 fully saturated rings. The minimum absolute atomic E-state index is 0.267. The molecule has 84 valence electrons. The molecule has 1 unspecified atom stereocenters. The van der Waals surface area contributed by atoms with E-state index < -0.39 is 0 Å². The van der Waals surface area contributed by atoms with Crippen LogP contribution in [0.5, 0.6) is 5.88 Å². The summed E-state index contributed by atoms with van der Waals surface area (Å²) < 4.78 is 4.97. The number of ether oxygens (including phenoxy) is 1. The highest BCUT2D eigenvalue weighted by Crippen LogP contribution is 2.19. The zero-order chi connectivity index (χ0) is 11.3. The molecule has 1 N–H and O–H groups in total. The van der Waals surface area contributed by atoms with Gasteiger partial charge in [0.2, 0.25) is 5.88 Å². The van der Waals surface area contributed by atoms with Crippen molar-refractivity contribution in [1.29, 1.82) is 0 Å². The predicted octanol–water partition coefficient (Wildman–Crippen LogP) is 1.79. The van der Waals surface area contributed by atoms with Gasteiger partial charge in [0.05, 0.1) is 18.8 Å². The Bertz CT molecular complexity index is 284. The van der Waals surface area contributed by atoms with Crippen LogP contribution in [0.3, 0.4) is 0 Å². The van der Waals surface area contributed by atoms with Crippen LogP contribution in [0.2, 0.25) is 0 Å². The number of methoxy groups -OCH3 is 1. The maximum absolute atomic E-state index is 4.97. The van der Waals surface area contributed by atoms with Crippen molar-refractivity contribution in [2.24, 2.45) is 5.92 Å². The summed E-state index contributed by atoms with van der Waals surface area (Å²) in [6, 6.07) is 4.06. The van der Waals surface area contributed by atoms with Crippen molar-refractivity contribution in [3.8, 4) is 5.88 Å². The van der Waals surface area contributed by atoms with Gasteiger partial charge in [-0.15, -0.1) is 5.10 Å². The van der Waals surface area contributed by atoms with Gasteiger partial charge in [-0.1, -0.05) is 13.8 Å². The fraction of sp³-hybridized carbons (Fsp3) is 0.636. The molecule has 1 heterocycles. The summed E-state index contributed by atoms with van der Waals surface area (Å²) in [6.07, 6.45) is 1.05. The highest BCUT2D eigenvalue weighted by molar-refractivity contribution is 5.14. The monoisotopic (exact) mass is 209 g/mol. The molecule has 0 amide bonds. The lowest BCUT2D eigenvalue weighted by atomic mass is 10.0. The third-order valence-corrected chi connectivity index (χ3v) is 2.28. The summed E-state index contributed by atoms with van der Waals surface area (Å²) in [6.45, 7) is 4.39. The SMILES string of the molecule is CNC(CC(C)C)c1ccc(OC)nn1. The molecule has 0 radical (unpaired) electrons. The van der Waals surface area contributed by atoms with Gasteiger partial charge < -0.3 is 10.1 Å². The number of nitrogens with zero attached hydrogens (tertiary/aromatic N) is 2. The van der Waals surface area contributed by atoms with E-state index in [0.717, 1.165) is 12.1 Å². The first-order valence-corrected chi connectivity index (χ1v) is 5.22. The maximum Gasteiger partial charge on any atom is 0.233 e. The van der Waals surface area contributed by atoms with Crippen LogP contribution in [0.4, 0.5) is 0 Å². The molecular formula is C11H19N3O. The molecule has 0 spiro atoms. The van der Waals surface area contributed by atoms with Gasteiger partial charge in [0.25, 0.3) is 0 Å². The van der Waals surface area contributed by atoms with Crippen molar-refractivity contribution in [1.82, 2.24) is 15.5 Å². The quantitative estimate of drug-likeness (QED) is 0.803. The number of hydrogen-bond acceptors (Lipinski definition) is 4. The van der Waals surface area contributed by atoms with E-state index in [9.17, 15) is 0 Å². The molecule has 4 heteroatoms. The van der Waals surface area contributed by atoms with Gasteiger partial charge in [-0.3, -0.25) is 0 Å². The third kappa shape index (κ3) is 3.47. The van der Waals surface area contributed by atoms with Crippen LogP contribution in [-0.2, 0) is 0 Å². The van der Waals surface area contributed by atoms with E-state index in [0.29, 0.717) is 11.8 Å². The molecule has 1 rings (SSSR count). The van der Waals surface area contributed by atoms with Crippen molar-refractivity contribution >= 4 is 0 Å². The lowest BCUT2D eigenvalue weighted by molar-refractivity contribution is 0.386. The van der Waals surface area contributed by atoms with Gasteiger partial charge in [-0.25, -0.2) is 0 Å². The van der Waals surface area contributed by atoms with E-state index in [1.807, 2.05) is 19.2 Å². The standard InChI is InChI=1S/C11H19N3O/c1-8(2)7-10(12-3)9-5-6-11(15-4)14-13-9/h5-6,8,10,12H,7H2,1-4H3. The molecule has 4 nitrogen and oxygen atoms in total. The van der Waals surface area contributed by atoms with E-state index in [1.54, 1.807) is 7.11 Å². The van der Waals surface area contributed by atoms with E-state index in [1.165, 1.54) is 0 Å². The first kappa shape index (κ1) is 11.9. The highest BCUT2D eigenvalue weighted by Gasteiger charge is 2.12. The molecule has 1 atom stereocenters. The zero-order valence-corrected chi connectivity index (χ0v) is 9.82. The number of aromatic nitrogens is 2. The third-order valence-electron chi connectivity index (χ3n) is 2.28. The molecule has 0 aliphatic heterocycles. The summed E-state index contributed by atoms with van der Waals surface area (Å²) in [7, 11) is 3.53. The lowest BCUT2D eigenvalue weighted by Gasteiger charge is -2.17. The molecule has 0 aromatic carbocycles. The molecule has 0 saturated carbocycles. The zero-order valence-electron chi connectivity index (χ0n) is 9.82. The Morgan fingerprint density at radius 2 is 2.07 bits per heavy atom. The first-order valence-electron chi connectivity index (χ1n) is 5.22. The molecule has 0 aliphatic rings. The number of hydrogen-bond donors (Lipinski definition) is 1. The van der Waals surface area contributed by atoms with Crippen LogP contribution in [-0.4, -0.2) is 24.4 Å². The average molecular weight is 209 g/mol. The second kappa shape index (κ2) is 5.66. The number of rotatable bonds is 5. The Balaban J connectivity index is 2.74. The number of nitrogens with one attached hydrogen (secondary N) is 1. The van der Waals surface area contributed by atoms with Gasteiger partial charge in [0, 0.05) is 6.07 Å². The first-order chi connectivity index (χ1) is 7.17. The Hall–Kier alpha value is -1.16. The van der Waals surface area contributed by atoms with Crippen molar-refractivity contribution in [2.45, 2.75) is 26.3 Å². The normalized spacial score (nSPS) is 12.9. The van der Waals surface area contributed by atoms with E-state index in [4.69, 9.17) is 4.74 Å². The summed E-state index contributed by atoms with van der Waals surface area (Å²) in [5.41, 5.74) is 0.965. The molecule has 0 aliphatic carbocycles. The van der Waals surface area contributed by atoms with Gasteiger partial charge in [-0.2, -0.15) is 5.10 Å². The van der Waals surface area contributed by atoms with Crippen LogP contribution in [0.1, 0.15) is 32.0 Å². The summed E-state index contributed by atoms with van der Waals surface area (Å²) in [5.74, 6) is 1.18. The van der Waals surface area contributed by atoms with Crippen LogP contribution in [0, 0.1) is 5.92 Å². The van der Waals surface area contributed by atoms with Crippen LogP contribution < -0.4 is 10.1 Å². The van der Waals surface area contributed by atoms with Crippen molar-refractivity contribution < 1.29 is 4.74 Å². The Labute approximate surface area is 91.1 Å². The van der Waals surface area contributed by atoms with E-state index in [2.05, 4.69) is 29.4 Å². The van der Waals surface area contributed by atoms with Crippen molar-refractivity contribution in [3.05, 3.63) is 17.8 Å². The Morgan fingerprint density at radius 3 is 2.47 bits per heavy atom. The molecule has 0 bridgehead atoms. The highest BCUT2D eigenvalue weighted by atomic mass is 16.5. The fourth-order valence-corrected chi connectivity index (χ4v) is 1.48. The second-order valence-electron chi connectivity index (χ2n) is 3.97. The minimum atomic E-state index is 0.267. The van der Waals surface area contributed by atoms with Crippen LogP contribution in [0.25, 0.3) is 0 Å². The molecule has 1 aromatic rings. The maximum atomic E-state index is 4.97. The second-order valence-corrected chi connectivity index (χ2v) is 3.97. The van der Waals surface area contributed by atoms with E-state index in [-0.39, 0.29) is 6.04 Å². The summed E-state index contributed by atoms with van der Waals surface area (Å²) in [5, 5.41) is 11.3. The van der Waals surface area contributed by atoms with E-state index >= 15 is 0 Å². The Morgan fingerprint density at radius 1 is 1.33 bits per heavy atom. The van der Waals surface area contributed by atoms with Crippen molar-refractivity contribution in [2.75, 3.05) is 14.2 Å².